The quantitative estimate of drug-likeness (QED) is 0.425. The van der Waals surface area contributed by atoms with Gasteiger partial charge in [0.1, 0.15) is 0 Å². The lowest BCUT2D eigenvalue weighted by Gasteiger charge is -2.12. The van der Waals surface area contributed by atoms with E-state index in [1.165, 1.54) is 0 Å². The molecule has 0 aliphatic heterocycles. The highest BCUT2D eigenvalue weighted by molar-refractivity contribution is 9.10. The number of fused-ring (bicyclic) bond motifs is 1. The van der Waals surface area contributed by atoms with Crippen molar-refractivity contribution >= 4 is 26.8 Å². The standard InChI is InChI=1S/C21H15BrN2O2/c1-25-18-9-5-6-10-19(18)26-21-23-17-12-11-15(22)13-16(17)20(24-21)14-7-3-2-4-8-14/h2-13H,1H3. The van der Waals surface area contributed by atoms with Gasteiger partial charge in [0.2, 0.25) is 0 Å². The fourth-order valence-corrected chi connectivity index (χ4v) is 3.10. The first kappa shape index (κ1) is 16.5. The molecule has 0 N–H and O–H groups in total. The first-order valence-corrected chi connectivity index (χ1v) is 8.87. The predicted octanol–water partition coefficient (Wildman–Crippen LogP) is 5.86. The second-order valence-electron chi connectivity index (χ2n) is 5.64. The van der Waals surface area contributed by atoms with Gasteiger partial charge in [0.15, 0.2) is 11.5 Å². The van der Waals surface area contributed by atoms with Gasteiger partial charge in [0.05, 0.1) is 18.3 Å². The minimum absolute atomic E-state index is 0.281. The molecule has 26 heavy (non-hydrogen) atoms. The SMILES string of the molecule is COc1ccccc1Oc1nc(-c2ccccc2)c2cc(Br)ccc2n1. The highest BCUT2D eigenvalue weighted by Crippen LogP contribution is 2.33. The molecule has 4 aromatic rings. The van der Waals surface area contributed by atoms with Crippen LogP contribution in [-0.2, 0) is 0 Å². The van der Waals surface area contributed by atoms with E-state index in [0.717, 1.165) is 26.6 Å². The number of nitrogens with zero attached hydrogens (tertiary/aromatic N) is 2. The first-order chi connectivity index (χ1) is 12.7. The van der Waals surface area contributed by atoms with Crippen LogP contribution in [0, 0.1) is 0 Å². The molecule has 5 heteroatoms. The summed E-state index contributed by atoms with van der Waals surface area (Å²) in [5, 5.41) is 0.956. The van der Waals surface area contributed by atoms with Gasteiger partial charge in [-0.25, -0.2) is 0 Å². The summed E-state index contributed by atoms with van der Waals surface area (Å²) in [4.78, 5) is 9.24. The number of hydrogen-bond acceptors (Lipinski definition) is 4. The Morgan fingerprint density at radius 1 is 0.808 bits per heavy atom. The van der Waals surface area contributed by atoms with E-state index in [1.807, 2.05) is 72.8 Å². The van der Waals surface area contributed by atoms with Crippen molar-refractivity contribution in [2.24, 2.45) is 0 Å². The summed E-state index contributed by atoms with van der Waals surface area (Å²) in [7, 11) is 1.61. The summed E-state index contributed by atoms with van der Waals surface area (Å²) < 4.78 is 12.3. The van der Waals surface area contributed by atoms with Crippen molar-refractivity contribution in [2.45, 2.75) is 0 Å². The second-order valence-corrected chi connectivity index (χ2v) is 6.55. The van der Waals surface area contributed by atoms with Gasteiger partial charge >= 0.3 is 6.01 Å². The molecule has 0 unspecified atom stereocenters. The van der Waals surface area contributed by atoms with Crippen LogP contribution < -0.4 is 9.47 Å². The summed E-state index contributed by atoms with van der Waals surface area (Å²) in [5.74, 6) is 1.21. The van der Waals surface area contributed by atoms with Crippen LogP contribution in [0.5, 0.6) is 17.5 Å². The third kappa shape index (κ3) is 3.26. The van der Waals surface area contributed by atoms with Gasteiger partial charge in [-0.05, 0) is 30.3 Å². The Morgan fingerprint density at radius 3 is 2.31 bits per heavy atom. The van der Waals surface area contributed by atoms with Crippen molar-refractivity contribution in [3.63, 3.8) is 0 Å². The molecule has 0 aliphatic rings. The maximum atomic E-state index is 5.94. The van der Waals surface area contributed by atoms with Crippen LogP contribution in [0.1, 0.15) is 0 Å². The zero-order valence-electron chi connectivity index (χ0n) is 14.0. The van der Waals surface area contributed by atoms with Crippen LogP contribution >= 0.6 is 15.9 Å². The van der Waals surface area contributed by atoms with Crippen LogP contribution in [-0.4, -0.2) is 17.1 Å². The Bertz CT molecular complexity index is 1070. The van der Waals surface area contributed by atoms with E-state index < -0.39 is 0 Å². The molecular weight excluding hydrogens is 392 g/mol. The number of halogens is 1. The van der Waals surface area contributed by atoms with Crippen LogP contribution in [0.3, 0.4) is 0 Å². The molecular formula is C21H15BrN2O2. The molecule has 0 saturated heterocycles. The minimum Gasteiger partial charge on any atom is -0.493 e. The lowest BCUT2D eigenvalue weighted by atomic mass is 10.1. The van der Waals surface area contributed by atoms with Crippen LogP contribution in [0.4, 0.5) is 0 Å². The van der Waals surface area contributed by atoms with Crippen molar-refractivity contribution in [1.82, 2.24) is 9.97 Å². The van der Waals surface area contributed by atoms with Gasteiger partial charge in [-0.1, -0.05) is 58.4 Å². The highest BCUT2D eigenvalue weighted by atomic mass is 79.9. The van der Waals surface area contributed by atoms with E-state index in [9.17, 15) is 0 Å². The predicted molar refractivity (Wildman–Crippen MR) is 106 cm³/mol. The molecule has 0 atom stereocenters. The van der Waals surface area contributed by atoms with Crippen LogP contribution in [0.2, 0.25) is 0 Å². The lowest BCUT2D eigenvalue weighted by molar-refractivity contribution is 0.369. The van der Waals surface area contributed by atoms with Gasteiger partial charge in [-0.2, -0.15) is 9.97 Å². The van der Waals surface area contributed by atoms with E-state index in [1.54, 1.807) is 7.11 Å². The van der Waals surface area contributed by atoms with Crippen molar-refractivity contribution in [3.8, 4) is 28.8 Å². The Kier molecular flexibility index (Phi) is 4.54. The summed E-state index contributed by atoms with van der Waals surface area (Å²) in [6.07, 6.45) is 0. The number of aromatic nitrogens is 2. The number of hydrogen-bond donors (Lipinski definition) is 0. The number of rotatable bonds is 4. The summed E-state index contributed by atoms with van der Waals surface area (Å²) in [5.41, 5.74) is 2.64. The average molecular weight is 407 g/mol. The summed E-state index contributed by atoms with van der Waals surface area (Å²) >= 11 is 3.53. The van der Waals surface area contributed by atoms with Crippen molar-refractivity contribution < 1.29 is 9.47 Å². The zero-order valence-corrected chi connectivity index (χ0v) is 15.6. The van der Waals surface area contributed by atoms with Crippen molar-refractivity contribution in [2.75, 3.05) is 7.11 Å². The molecule has 0 saturated carbocycles. The number of ether oxygens (including phenoxy) is 2. The molecule has 0 radical (unpaired) electrons. The maximum Gasteiger partial charge on any atom is 0.323 e. The van der Waals surface area contributed by atoms with Gasteiger partial charge in [-0.3, -0.25) is 0 Å². The minimum atomic E-state index is 0.281. The maximum absolute atomic E-state index is 5.94. The molecule has 0 fully saturated rings. The van der Waals surface area contributed by atoms with Crippen molar-refractivity contribution in [3.05, 3.63) is 77.3 Å². The third-order valence-electron chi connectivity index (χ3n) is 3.95. The Morgan fingerprint density at radius 2 is 1.54 bits per heavy atom. The summed E-state index contributed by atoms with van der Waals surface area (Å²) in [6.45, 7) is 0. The topological polar surface area (TPSA) is 44.2 Å². The van der Waals surface area contributed by atoms with E-state index >= 15 is 0 Å². The van der Waals surface area contributed by atoms with E-state index in [0.29, 0.717) is 11.5 Å². The van der Waals surface area contributed by atoms with Gasteiger partial charge < -0.3 is 9.47 Å². The van der Waals surface area contributed by atoms with Gasteiger partial charge in [0.25, 0.3) is 0 Å². The summed E-state index contributed by atoms with van der Waals surface area (Å²) in [6, 6.07) is 23.6. The molecule has 0 amide bonds. The molecule has 0 bridgehead atoms. The fraction of sp³-hybridized carbons (Fsp3) is 0.0476. The lowest BCUT2D eigenvalue weighted by Crippen LogP contribution is -1.97. The third-order valence-corrected chi connectivity index (χ3v) is 4.45. The normalized spacial score (nSPS) is 10.7. The van der Waals surface area contributed by atoms with E-state index in [2.05, 4.69) is 25.9 Å². The Hall–Kier alpha value is -2.92. The number of para-hydroxylation sites is 2. The highest BCUT2D eigenvalue weighted by Gasteiger charge is 2.13. The monoisotopic (exact) mass is 406 g/mol. The average Bonchev–Trinajstić information content (AvgIpc) is 2.69. The molecule has 1 heterocycles. The van der Waals surface area contributed by atoms with Gasteiger partial charge in [0, 0.05) is 15.4 Å². The molecule has 1 aromatic heterocycles. The fourth-order valence-electron chi connectivity index (χ4n) is 2.74. The molecule has 3 aromatic carbocycles. The molecule has 4 nitrogen and oxygen atoms in total. The van der Waals surface area contributed by atoms with Crippen LogP contribution in [0.25, 0.3) is 22.2 Å². The first-order valence-electron chi connectivity index (χ1n) is 8.08. The molecule has 0 spiro atoms. The van der Waals surface area contributed by atoms with Crippen molar-refractivity contribution in [1.29, 1.82) is 0 Å². The second kappa shape index (κ2) is 7.14. The molecule has 4 rings (SSSR count). The molecule has 0 aliphatic carbocycles. The van der Waals surface area contributed by atoms with Crippen LogP contribution in [0.15, 0.2) is 77.3 Å². The van der Waals surface area contributed by atoms with E-state index in [4.69, 9.17) is 9.47 Å². The smallest absolute Gasteiger partial charge is 0.323 e. The Labute approximate surface area is 159 Å². The molecule has 128 valence electrons. The number of methoxy groups -OCH3 is 1. The Balaban J connectivity index is 1.88. The van der Waals surface area contributed by atoms with E-state index in [-0.39, 0.29) is 6.01 Å². The largest absolute Gasteiger partial charge is 0.493 e. The number of benzene rings is 3. The van der Waals surface area contributed by atoms with Gasteiger partial charge in [-0.15, -0.1) is 0 Å². The zero-order chi connectivity index (χ0) is 17.9.